The molecule has 0 bridgehead atoms. The van der Waals surface area contributed by atoms with Crippen molar-refractivity contribution in [1.82, 2.24) is 5.32 Å². The number of allylic oxidation sites excluding steroid dienone is 2. The predicted octanol–water partition coefficient (Wildman–Crippen LogP) is 4.92. The van der Waals surface area contributed by atoms with Crippen LogP contribution in [0.2, 0.25) is 0 Å². The Kier molecular flexibility index (Phi) is 4.09. The molecule has 1 saturated heterocycles. The fourth-order valence-corrected chi connectivity index (χ4v) is 5.94. The first kappa shape index (κ1) is 18.8. The number of benzene rings is 3. The Morgan fingerprint density at radius 2 is 1.81 bits per heavy atom. The van der Waals surface area contributed by atoms with Gasteiger partial charge in [-0.2, -0.15) is 0 Å². The molecule has 31 heavy (non-hydrogen) atoms. The Labute approximate surface area is 185 Å². The van der Waals surface area contributed by atoms with Crippen molar-refractivity contribution >= 4 is 33.8 Å². The SMILES string of the molecule is O=C1C=C2NC[C@H]3CC23c2ccccc21.Oc1cc2c(c3ccccc13)[C@H](CCl)CN2. The third kappa shape index (κ3) is 2.64. The molecule has 2 aliphatic heterocycles. The van der Waals surface area contributed by atoms with Gasteiger partial charge >= 0.3 is 0 Å². The Bertz CT molecular complexity index is 1270. The van der Waals surface area contributed by atoms with E-state index in [1.165, 1.54) is 17.5 Å². The monoisotopic (exact) mass is 430 g/mol. The number of halogens is 1. The number of rotatable bonds is 1. The Morgan fingerprint density at radius 1 is 1.03 bits per heavy atom. The van der Waals surface area contributed by atoms with Crippen LogP contribution in [0.25, 0.3) is 10.8 Å². The number of ketones is 1. The summed E-state index contributed by atoms with van der Waals surface area (Å²) >= 11 is 5.97. The summed E-state index contributed by atoms with van der Waals surface area (Å²) in [6, 6.07) is 17.8. The molecule has 2 heterocycles. The second kappa shape index (κ2) is 6.76. The van der Waals surface area contributed by atoms with Gasteiger partial charge < -0.3 is 15.7 Å². The predicted molar refractivity (Wildman–Crippen MR) is 124 cm³/mol. The molecule has 4 nitrogen and oxygen atoms in total. The van der Waals surface area contributed by atoms with E-state index < -0.39 is 0 Å². The summed E-state index contributed by atoms with van der Waals surface area (Å²) in [6.07, 6.45) is 3.02. The van der Waals surface area contributed by atoms with Gasteiger partial charge in [-0.25, -0.2) is 0 Å². The lowest BCUT2D eigenvalue weighted by Gasteiger charge is -2.23. The highest BCUT2D eigenvalue weighted by molar-refractivity contribution is 6.18. The van der Waals surface area contributed by atoms with Crippen LogP contribution in [0.5, 0.6) is 5.75 Å². The van der Waals surface area contributed by atoms with Crippen LogP contribution in [0, 0.1) is 5.92 Å². The molecule has 3 N–H and O–H groups in total. The number of aromatic hydroxyl groups is 1. The van der Waals surface area contributed by atoms with Gasteiger partial charge in [0, 0.05) is 64.8 Å². The minimum Gasteiger partial charge on any atom is -0.507 e. The zero-order valence-corrected chi connectivity index (χ0v) is 17.7. The van der Waals surface area contributed by atoms with Crippen LogP contribution in [0.4, 0.5) is 5.69 Å². The van der Waals surface area contributed by atoms with E-state index in [0.29, 0.717) is 17.5 Å². The lowest BCUT2D eigenvalue weighted by Crippen LogP contribution is -2.24. The molecule has 1 unspecified atom stereocenters. The number of anilines is 1. The first-order valence-electron chi connectivity index (χ1n) is 10.8. The van der Waals surface area contributed by atoms with Crippen LogP contribution >= 0.6 is 11.6 Å². The number of piperidine rings is 1. The summed E-state index contributed by atoms with van der Waals surface area (Å²) in [4.78, 5) is 11.9. The van der Waals surface area contributed by atoms with Gasteiger partial charge in [0.2, 0.25) is 0 Å². The number of phenolic OH excluding ortho intramolecular Hbond substituents is 1. The summed E-state index contributed by atoms with van der Waals surface area (Å²) in [5.41, 5.74) is 5.78. The van der Waals surface area contributed by atoms with E-state index in [4.69, 9.17) is 11.6 Å². The van der Waals surface area contributed by atoms with Crippen LogP contribution in [0.3, 0.4) is 0 Å². The van der Waals surface area contributed by atoms with E-state index in [2.05, 4.69) is 16.7 Å². The minimum atomic E-state index is 0.159. The van der Waals surface area contributed by atoms with Crippen molar-refractivity contribution in [2.45, 2.75) is 17.8 Å². The molecule has 4 aliphatic rings. The fraction of sp³-hybridized carbons (Fsp3) is 0.269. The van der Waals surface area contributed by atoms with E-state index in [1.54, 1.807) is 12.1 Å². The Hall–Kier alpha value is -2.98. The van der Waals surface area contributed by atoms with Gasteiger partial charge in [-0.1, -0.05) is 48.5 Å². The molecule has 2 aliphatic carbocycles. The molecule has 0 radical (unpaired) electrons. The first-order valence-corrected chi connectivity index (χ1v) is 11.3. The second-order valence-electron chi connectivity index (χ2n) is 8.86. The number of fused-ring (bicyclic) bond motifs is 4. The van der Waals surface area contributed by atoms with Gasteiger partial charge in [0.05, 0.1) is 0 Å². The summed E-state index contributed by atoms with van der Waals surface area (Å²) in [7, 11) is 0. The maximum atomic E-state index is 11.9. The van der Waals surface area contributed by atoms with Gasteiger partial charge in [-0.3, -0.25) is 4.79 Å². The Morgan fingerprint density at radius 3 is 2.61 bits per heavy atom. The average molecular weight is 431 g/mol. The fourth-order valence-electron chi connectivity index (χ4n) is 5.68. The standard InChI is InChI=1S/C13H12ClNO.C13H11NO/c14-6-8-7-15-11-5-12(16)9-3-1-2-4-10(9)13(8)11;15-11-5-12-13(6-8(13)7-14-12)10-4-2-1-3-9(10)11/h1-5,8,15-16H,6-7H2;1-5,8,14H,6-7H2/t8-;8-,13?/m11/s1. The topological polar surface area (TPSA) is 61.4 Å². The smallest absolute Gasteiger partial charge is 0.187 e. The van der Waals surface area contributed by atoms with Gasteiger partial charge in [0.15, 0.2) is 5.78 Å². The number of carbonyl (C=O) groups is 1. The van der Waals surface area contributed by atoms with Gasteiger partial charge in [-0.15, -0.1) is 11.6 Å². The van der Waals surface area contributed by atoms with Crippen molar-refractivity contribution in [1.29, 1.82) is 0 Å². The third-order valence-electron chi connectivity index (χ3n) is 7.27. The number of nitrogens with one attached hydrogen (secondary N) is 2. The number of carbonyl (C=O) groups excluding carboxylic acids is 1. The van der Waals surface area contributed by atoms with Crippen molar-refractivity contribution in [3.63, 3.8) is 0 Å². The lowest BCUT2D eigenvalue weighted by atomic mass is 9.82. The van der Waals surface area contributed by atoms with Crippen molar-refractivity contribution in [2.24, 2.45) is 5.92 Å². The summed E-state index contributed by atoms with van der Waals surface area (Å²) < 4.78 is 0. The van der Waals surface area contributed by atoms with Crippen LogP contribution in [-0.2, 0) is 5.41 Å². The third-order valence-corrected chi connectivity index (χ3v) is 7.64. The summed E-state index contributed by atoms with van der Waals surface area (Å²) in [5.74, 6) is 2.15. The molecule has 1 saturated carbocycles. The zero-order chi connectivity index (χ0) is 21.2. The molecule has 3 aromatic carbocycles. The number of alkyl halides is 1. The van der Waals surface area contributed by atoms with Crippen LogP contribution in [-0.4, -0.2) is 29.9 Å². The largest absolute Gasteiger partial charge is 0.507 e. The normalized spacial score (nSPS) is 26.4. The molecule has 0 aromatic heterocycles. The number of hydrogen-bond acceptors (Lipinski definition) is 4. The zero-order valence-electron chi connectivity index (χ0n) is 17.0. The molecular formula is C26H23ClN2O2. The molecule has 3 aromatic rings. The quantitative estimate of drug-likeness (QED) is 0.479. The van der Waals surface area contributed by atoms with E-state index in [0.717, 1.165) is 46.7 Å². The first-order chi connectivity index (χ1) is 15.1. The molecular weight excluding hydrogens is 408 g/mol. The highest BCUT2D eigenvalue weighted by atomic mass is 35.5. The van der Waals surface area contributed by atoms with Crippen molar-refractivity contribution < 1.29 is 9.90 Å². The highest BCUT2D eigenvalue weighted by Crippen LogP contribution is 2.63. The molecule has 1 spiro atoms. The molecule has 2 fully saturated rings. The van der Waals surface area contributed by atoms with E-state index in [1.807, 2.05) is 42.5 Å². The van der Waals surface area contributed by atoms with Crippen LogP contribution in [0.15, 0.2) is 66.4 Å². The minimum absolute atomic E-state index is 0.159. The average Bonchev–Trinajstić information content (AvgIpc) is 3.19. The molecule has 3 atom stereocenters. The molecule has 156 valence electrons. The highest BCUT2D eigenvalue weighted by Gasteiger charge is 2.63. The Balaban J connectivity index is 0.000000120. The van der Waals surface area contributed by atoms with Crippen LogP contribution in [0.1, 0.15) is 33.8 Å². The van der Waals surface area contributed by atoms with E-state index in [-0.39, 0.29) is 11.2 Å². The number of hydrogen-bond donors (Lipinski definition) is 3. The van der Waals surface area contributed by atoms with E-state index >= 15 is 0 Å². The summed E-state index contributed by atoms with van der Waals surface area (Å²) in [6.45, 7) is 1.89. The molecule has 7 rings (SSSR count). The van der Waals surface area contributed by atoms with Gasteiger partial charge in [0.1, 0.15) is 5.75 Å². The van der Waals surface area contributed by atoms with Gasteiger partial charge in [-0.05, 0) is 28.9 Å². The second-order valence-corrected chi connectivity index (χ2v) is 9.16. The molecule has 0 amide bonds. The van der Waals surface area contributed by atoms with Crippen molar-refractivity contribution in [2.75, 3.05) is 24.3 Å². The molecule has 5 heteroatoms. The lowest BCUT2D eigenvalue weighted by molar-refractivity contribution is 0.104. The van der Waals surface area contributed by atoms with Crippen molar-refractivity contribution in [3.8, 4) is 5.75 Å². The van der Waals surface area contributed by atoms with Gasteiger partial charge in [0.25, 0.3) is 0 Å². The van der Waals surface area contributed by atoms with E-state index in [9.17, 15) is 9.90 Å². The maximum absolute atomic E-state index is 11.9. The maximum Gasteiger partial charge on any atom is 0.187 e. The van der Waals surface area contributed by atoms with Crippen LogP contribution < -0.4 is 10.6 Å². The summed E-state index contributed by atoms with van der Waals surface area (Å²) in [5, 5.41) is 18.6. The van der Waals surface area contributed by atoms with Crippen molar-refractivity contribution in [3.05, 3.63) is 83.1 Å². The number of phenols is 1.